The van der Waals surface area contributed by atoms with Crippen molar-refractivity contribution < 1.29 is 14.3 Å². The number of carbonyl (C=O) groups is 2. The molecule has 1 saturated carbocycles. The standard InChI is InChI=1S/C28H34N4O3/c1-18-10-9-13-21(19(18)2)30-27(34)28(3)17-31-23-14-7-6-12-22(23)29-25(31)26(33)32(28)16-20-11-5-8-15-24(20)35-4/h5-8,11-12,14-15,18-19,21H,9-10,13,16-17H2,1-4H3,(H,30,34)/t18-,19-,21+,28+/m0/s1. The van der Waals surface area contributed by atoms with Crippen LogP contribution in [0.3, 0.4) is 0 Å². The summed E-state index contributed by atoms with van der Waals surface area (Å²) >= 11 is 0. The number of methoxy groups -OCH3 is 1. The van der Waals surface area contributed by atoms with Gasteiger partial charge >= 0.3 is 0 Å². The Morgan fingerprint density at radius 3 is 2.69 bits per heavy atom. The molecule has 3 aromatic rings. The Bertz CT molecular complexity index is 1270. The number of hydrogen-bond acceptors (Lipinski definition) is 4. The molecule has 5 rings (SSSR count). The Morgan fingerprint density at radius 2 is 1.89 bits per heavy atom. The summed E-state index contributed by atoms with van der Waals surface area (Å²) < 4.78 is 7.46. The first kappa shape index (κ1) is 23.4. The first-order chi connectivity index (χ1) is 16.8. The summed E-state index contributed by atoms with van der Waals surface area (Å²) in [6.07, 6.45) is 3.26. The van der Waals surface area contributed by atoms with Gasteiger partial charge in [0.1, 0.15) is 11.3 Å². The second-order valence-corrected chi connectivity index (χ2v) is 10.3. The molecule has 0 bridgehead atoms. The minimum Gasteiger partial charge on any atom is -0.496 e. The van der Waals surface area contributed by atoms with Crippen molar-refractivity contribution in [1.29, 1.82) is 0 Å². The van der Waals surface area contributed by atoms with E-state index >= 15 is 0 Å². The number of amides is 2. The molecular weight excluding hydrogens is 440 g/mol. The lowest BCUT2D eigenvalue weighted by Crippen LogP contribution is -2.65. The zero-order chi connectivity index (χ0) is 24.7. The van der Waals surface area contributed by atoms with Crippen molar-refractivity contribution in [1.82, 2.24) is 19.8 Å². The van der Waals surface area contributed by atoms with Crippen molar-refractivity contribution in [2.45, 2.75) is 64.7 Å². The summed E-state index contributed by atoms with van der Waals surface area (Å²) in [7, 11) is 1.62. The Balaban J connectivity index is 1.56. The van der Waals surface area contributed by atoms with Crippen molar-refractivity contribution in [3.05, 3.63) is 59.9 Å². The van der Waals surface area contributed by atoms with Crippen LogP contribution >= 0.6 is 0 Å². The number of benzene rings is 2. The SMILES string of the molecule is COc1ccccc1CN1C(=O)c2nc3ccccc3n2C[C@]1(C)C(=O)N[C@@H]1CCC[C@H](C)[C@@H]1C. The number of rotatable bonds is 5. The van der Waals surface area contributed by atoms with E-state index < -0.39 is 5.54 Å². The number of nitrogens with one attached hydrogen (secondary N) is 1. The van der Waals surface area contributed by atoms with E-state index in [9.17, 15) is 9.59 Å². The smallest absolute Gasteiger partial charge is 0.291 e. The van der Waals surface area contributed by atoms with Gasteiger partial charge in [-0.1, -0.05) is 57.0 Å². The van der Waals surface area contributed by atoms with Crippen LogP contribution in [0, 0.1) is 11.8 Å². The molecular formula is C28H34N4O3. The quantitative estimate of drug-likeness (QED) is 0.595. The van der Waals surface area contributed by atoms with E-state index in [4.69, 9.17) is 4.74 Å². The second kappa shape index (κ2) is 9.02. The summed E-state index contributed by atoms with van der Waals surface area (Å²) in [5, 5.41) is 3.35. The molecule has 1 aromatic heterocycles. The lowest BCUT2D eigenvalue weighted by Gasteiger charge is -2.45. The van der Waals surface area contributed by atoms with E-state index in [-0.39, 0.29) is 24.4 Å². The summed E-state index contributed by atoms with van der Waals surface area (Å²) in [6.45, 7) is 6.95. The van der Waals surface area contributed by atoms with Crippen molar-refractivity contribution in [2.75, 3.05) is 7.11 Å². The Labute approximate surface area is 206 Å². The van der Waals surface area contributed by atoms with Crippen LogP contribution in [0.2, 0.25) is 0 Å². The number of nitrogens with zero attached hydrogens (tertiary/aromatic N) is 3. The predicted molar refractivity (Wildman–Crippen MR) is 135 cm³/mol. The Kier molecular flexibility index (Phi) is 6.03. The predicted octanol–water partition coefficient (Wildman–Crippen LogP) is 4.40. The highest BCUT2D eigenvalue weighted by molar-refractivity contribution is 6.01. The van der Waals surface area contributed by atoms with Gasteiger partial charge in [0.05, 0.1) is 31.2 Å². The van der Waals surface area contributed by atoms with Crippen LogP contribution in [0.5, 0.6) is 5.75 Å². The average molecular weight is 475 g/mol. The largest absolute Gasteiger partial charge is 0.496 e. The zero-order valence-corrected chi connectivity index (χ0v) is 21.0. The van der Waals surface area contributed by atoms with Gasteiger partial charge in [0.15, 0.2) is 5.82 Å². The van der Waals surface area contributed by atoms with Gasteiger partial charge in [0.2, 0.25) is 5.91 Å². The number of fused-ring (bicyclic) bond motifs is 3. The fraction of sp³-hybridized carbons (Fsp3) is 0.464. The third-order valence-corrected chi connectivity index (χ3v) is 8.19. The molecule has 0 radical (unpaired) electrons. The first-order valence-corrected chi connectivity index (χ1v) is 12.5. The molecule has 0 saturated heterocycles. The van der Waals surface area contributed by atoms with E-state index in [0.29, 0.717) is 30.0 Å². The monoisotopic (exact) mass is 474 g/mol. The molecule has 35 heavy (non-hydrogen) atoms. The molecule has 0 unspecified atom stereocenters. The van der Waals surface area contributed by atoms with Crippen LogP contribution in [0.25, 0.3) is 11.0 Å². The van der Waals surface area contributed by atoms with Crippen LogP contribution in [0.15, 0.2) is 48.5 Å². The van der Waals surface area contributed by atoms with Crippen molar-refractivity contribution in [2.24, 2.45) is 11.8 Å². The van der Waals surface area contributed by atoms with Gasteiger partial charge in [0.25, 0.3) is 5.91 Å². The molecule has 7 nitrogen and oxygen atoms in total. The van der Waals surface area contributed by atoms with Crippen LogP contribution in [0.1, 0.15) is 56.2 Å². The van der Waals surface area contributed by atoms with Crippen LogP contribution < -0.4 is 10.1 Å². The van der Waals surface area contributed by atoms with Gasteiger partial charge in [0, 0.05) is 11.6 Å². The molecule has 1 N–H and O–H groups in total. The van der Waals surface area contributed by atoms with Crippen LogP contribution in [-0.2, 0) is 17.9 Å². The molecule has 4 atom stereocenters. The van der Waals surface area contributed by atoms with Crippen LogP contribution in [0.4, 0.5) is 0 Å². The molecule has 1 fully saturated rings. The number of hydrogen-bond donors (Lipinski definition) is 1. The van der Waals surface area contributed by atoms with Gasteiger partial charge < -0.3 is 19.5 Å². The molecule has 2 aliphatic rings. The molecule has 7 heteroatoms. The number of para-hydroxylation sites is 3. The third-order valence-electron chi connectivity index (χ3n) is 8.19. The second-order valence-electron chi connectivity index (χ2n) is 10.3. The fourth-order valence-corrected chi connectivity index (χ4v) is 5.69. The highest BCUT2D eigenvalue weighted by Crippen LogP contribution is 2.35. The molecule has 184 valence electrons. The summed E-state index contributed by atoms with van der Waals surface area (Å²) in [4.78, 5) is 34.3. The van der Waals surface area contributed by atoms with Gasteiger partial charge in [-0.05, 0) is 43.4 Å². The van der Waals surface area contributed by atoms with Gasteiger partial charge in [-0.3, -0.25) is 9.59 Å². The molecule has 1 aliphatic heterocycles. The van der Waals surface area contributed by atoms with Crippen molar-refractivity contribution >= 4 is 22.8 Å². The maximum Gasteiger partial charge on any atom is 0.291 e. The van der Waals surface area contributed by atoms with E-state index in [1.54, 1.807) is 12.0 Å². The van der Waals surface area contributed by atoms with Crippen molar-refractivity contribution in [3.8, 4) is 5.75 Å². The number of aromatic nitrogens is 2. The van der Waals surface area contributed by atoms with Gasteiger partial charge in [-0.2, -0.15) is 0 Å². The normalized spacial score (nSPS) is 26.5. The third kappa shape index (κ3) is 3.97. The number of imidazole rings is 1. The number of ether oxygens (including phenoxy) is 1. The molecule has 0 spiro atoms. The first-order valence-electron chi connectivity index (χ1n) is 12.5. The molecule has 2 heterocycles. The maximum atomic E-state index is 14.0. The van der Waals surface area contributed by atoms with Crippen LogP contribution in [-0.4, -0.2) is 45.0 Å². The van der Waals surface area contributed by atoms with E-state index in [0.717, 1.165) is 29.4 Å². The Morgan fingerprint density at radius 1 is 1.14 bits per heavy atom. The molecule has 2 amide bonds. The lowest BCUT2D eigenvalue weighted by atomic mass is 9.77. The zero-order valence-electron chi connectivity index (χ0n) is 21.0. The minimum absolute atomic E-state index is 0.104. The average Bonchev–Trinajstić information content (AvgIpc) is 3.23. The molecule has 2 aromatic carbocycles. The fourth-order valence-electron chi connectivity index (χ4n) is 5.69. The summed E-state index contributed by atoms with van der Waals surface area (Å²) in [5.41, 5.74) is 1.39. The lowest BCUT2D eigenvalue weighted by molar-refractivity contribution is -0.134. The highest BCUT2D eigenvalue weighted by atomic mass is 16.5. The minimum atomic E-state index is -1.09. The maximum absolute atomic E-state index is 14.0. The van der Waals surface area contributed by atoms with Crippen molar-refractivity contribution in [3.63, 3.8) is 0 Å². The van der Waals surface area contributed by atoms with Gasteiger partial charge in [-0.25, -0.2) is 4.98 Å². The van der Waals surface area contributed by atoms with E-state index in [1.165, 1.54) is 6.42 Å². The summed E-state index contributed by atoms with van der Waals surface area (Å²) in [5.74, 6) is 1.64. The number of carbonyl (C=O) groups excluding carboxylic acids is 2. The molecule has 1 aliphatic carbocycles. The Hall–Kier alpha value is -3.35. The van der Waals surface area contributed by atoms with E-state index in [2.05, 4.69) is 24.1 Å². The van der Waals surface area contributed by atoms with E-state index in [1.807, 2.05) is 60.0 Å². The topological polar surface area (TPSA) is 76.5 Å². The van der Waals surface area contributed by atoms with Gasteiger partial charge in [-0.15, -0.1) is 0 Å². The summed E-state index contributed by atoms with van der Waals surface area (Å²) in [6, 6.07) is 15.4. The highest BCUT2D eigenvalue weighted by Gasteiger charge is 2.49.